The van der Waals surface area contributed by atoms with E-state index in [1.807, 2.05) is 38.3 Å². The van der Waals surface area contributed by atoms with Crippen molar-refractivity contribution in [1.29, 1.82) is 0 Å². The van der Waals surface area contributed by atoms with E-state index in [2.05, 4.69) is 10.2 Å². The number of amides is 1. The number of alkyl carbamates (subject to hydrolysis) is 1. The first kappa shape index (κ1) is 17.2. The fourth-order valence-corrected chi connectivity index (χ4v) is 3.25. The Morgan fingerprint density at radius 2 is 2.18 bits per heavy atom. The van der Waals surface area contributed by atoms with E-state index in [0.29, 0.717) is 6.54 Å². The van der Waals surface area contributed by atoms with Crippen LogP contribution in [-0.2, 0) is 4.74 Å². The van der Waals surface area contributed by atoms with E-state index in [1.165, 1.54) is 0 Å². The molecule has 0 spiro atoms. The molecule has 1 aliphatic rings. The van der Waals surface area contributed by atoms with Gasteiger partial charge in [-0.05, 0) is 45.1 Å². The molecular formula is C16H26N2O3S. The molecule has 2 heterocycles. The van der Waals surface area contributed by atoms with Gasteiger partial charge in [0.05, 0.1) is 0 Å². The smallest absolute Gasteiger partial charge is 0.407 e. The van der Waals surface area contributed by atoms with Crippen LogP contribution in [0.25, 0.3) is 0 Å². The monoisotopic (exact) mass is 326 g/mol. The summed E-state index contributed by atoms with van der Waals surface area (Å²) in [5.74, 6) is 0. The van der Waals surface area contributed by atoms with Crippen molar-refractivity contribution in [2.75, 3.05) is 19.6 Å². The molecule has 1 aromatic heterocycles. The normalized spacial score (nSPS) is 18.9. The van der Waals surface area contributed by atoms with Gasteiger partial charge in [0.25, 0.3) is 0 Å². The van der Waals surface area contributed by atoms with E-state index in [1.54, 1.807) is 11.3 Å². The molecule has 1 aromatic rings. The van der Waals surface area contributed by atoms with Gasteiger partial charge in [-0.15, -0.1) is 11.3 Å². The average molecular weight is 326 g/mol. The summed E-state index contributed by atoms with van der Waals surface area (Å²) in [5, 5.41) is 15.1. The molecule has 6 heteroatoms. The number of thiophene rings is 1. The zero-order valence-electron chi connectivity index (χ0n) is 13.5. The minimum absolute atomic E-state index is 0.157. The lowest BCUT2D eigenvalue weighted by molar-refractivity contribution is 0.0460. The van der Waals surface area contributed by atoms with Gasteiger partial charge in [-0.1, -0.05) is 6.07 Å². The molecule has 0 bridgehead atoms. The van der Waals surface area contributed by atoms with Crippen molar-refractivity contribution < 1.29 is 14.6 Å². The standard InChI is InChI=1S/C16H26N2O3S/c1-16(2,3)21-15(20)17-12-6-8-18(9-7-12)11-13(19)14-5-4-10-22-14/h4-5,10,12-13,19H,6-9,11H2,1-3H3,(H,17,20). The first-order valence-corrected chi connectivity index (χ1v) is 8.65. The number of piperidine rings is 1. The van der Waals surface area contributed by atoms with Crippen molar-refractivity contribution >= 4 is 17.4 Å². The molecule has 1 amide bonds. The van der Waals surface area contributed by atoms with Crippen LogP contribution in [0.2, 0.25) is 0 Å². The van der Waals surface area contributed by atoms with E-state index >= 15 is 0 Å². The summed E-state index contributed by atoms with van der Waals surface area (Å²) in [6.45, 7) is 7.99. The molecule has 1 fully saturated rings. The molecule has 5 nitrogen and oxygen atoms in total. The third-order valence-electron chi connectivity index (χ3n) is 3.61. The number of aliphatic hydroxyl groups excluding tert-OH is 1. The second-order valence-corrected chi connectivity index (χ2v) is 7.73. The number of carbonyl (C=O) groups excluding carboxylic acids is 1. The number of carbonyl (C=O) groups is 1. The van der Waals surface area contributed by atoms with E-state index in [4.69, 9.17) is 4.74 Å². The molecule has 1 unspecified atom stereocenters. The summed E-state index contributed by atoms with van der Waals surface area (Å²) >= 11 is 1.58. The Morgan fingerprint density at radius 1 is 1.50 bits per heavy atom. The highest BCUT2D eigenvalue weighted by Crippen LogP contribution is 2.21. The van der Waals surface area contributed by atoms with E-state index < -0.39 is 11.7 Å². The number of nitrogens with one attached hydrogen (secondary N) is 1. The highest BCUT2D eigenvalue weighted by atomic mass is 32.1. The zero-order valence-corrected chi connectivity index (χ0v) is 14.4. The van der Waals surface area contributed by atoms with Gasteiger partial charge in [0.1, 0.15) is 11.7 Å². The van der Waals surface area contributed by atoms with Crippen molar-refractivity contribution in [2.24, 2.45) is 0 Å². The zero-order chi connectivity index (χ0) is 16.2. The van der Waals surface area contributed by atoms with Crippen LogP contribution in [0.15, 0.2) is 17.5 Å². The minimum Gasteiger partial charge on any atom is -0.444 e. The molecule has 1 atom stereocenters. The number of hydrogen-bond donors (Lipinski definition) is 2. The van der Waals surface area contributed by atoms with E-state index in [-0.39, 0.29) is 12.1 Å². The van der Waals surface area contributed by atoms with Crippen LogP contribution in [0.5, 0.6) is 0 Å². The van der Waals surface area contributed by atoms with Gasteiger partial charge in [-0.25, -0.2) is 4.79 Å². The lowest BCUT2D eigenvalue weighted by atomic mass is 10.0. The van der Waals surface area contributed by atoms with Crippen molar-refractivity contribution in [2.45, 2.75) is 51.4 Å². The maximum absolute atomic E-state index is 11.8. The second-order valence-electron chi connectivity index (χ2n) is 6.75. The number of nitrogens with zero attached hydrogens (tertiary/aromatic N) is 1. The highest BCUT2D eigenvalue weighted by molar-refractivity contribution is 7.10. The second kappa shape index (κ2) is 7.44. The van der Waals surface area contributed by atoms with Crippen molar-refractivity contribution in [3.8, 4) is 0 Å². The highest BCUT2D eigenvalue weighted by Gasteiger charge is 2.24. The molecule has 0 saturated carbocycles. The summed E-state index contributed by atoms with van der Waals surface area (Å²) in [6, 6.07) is 4.08. The topological polar surface area (TPSA) is 61.8 Å². The average Bonchev–Trinajstić information content (AvgIpc) is 2.92. The lowest BCUT2D eigenvalue weighted by Crippen LogP contribution is -2.46. The summed E-state index contributed by atoms with van der Waals surface area (Å²) < 4.78 is 5.28. The van der Waals surface area contributed by atoms with Crippen LogP contribution in [0, 0.1) is 0 Å². The first-order chi connectivity index (χ1) is 10.3. The Bertz CT molecular complexity index is 462. The number of hydrogen-bond acceptors (Lipinski definition) is 5. The molecule has 124 valence electrons. The Labute approximate surface area is 136 Å². The number of β-amino-alcohol motifs (C(OH)–C–C–N with tert-alkyl or cyclic N) is 1. The molecule has 2 rings (SSSR count). The molecule has 2 N–H and O–H groups in total. The molecule has 0 aromatic carbocycles. The van der Waals surface area contributed by atoms with Crippen LogP contribution in [0.3, 0.4) is 0 Å². The fourth-order valence-electron chi connectivity index (χ4n) is 2.55. The number of aliphatic hydroxyl groups is 1. The summed E-state index contributed by atoms with van der Waals surface area (Å²) in [5.41, 5.74) is -0.463. The van der Waals surface area contributed by atoms with Crippen molar-refractivity contribution in [3.63, 3.8) is 0 Å². The Morgan fingerprint density at radius 3 is 2.73 bits per heavy atom. The Hall–Kier alpha value is -1.11. The van der Waals surface area contributed by atoms with Gasteiger partial charge in [-0.3, -0.25) is 0 Å². The number of rotatable bonds is 4. The SMILES string of the molecule is CC(C)(C)OC(=O)NC1CCN(CC(O)c2cccs2)CC1. The summed E-state index contributed by atoms with van der Waals surface area (Å²) in [6.07, 6.45) is 1.01. The molecule has 0 aliphatic carbocycles. The third-order valence-corrected chi connectivity index (χ3v) is 4.58. The molecule has 1 aliphatic heterocycles. The number of ether oxygens (including phenoxy) is 1. The molecule has 22 heavy (non-hydrogen) atoms. The minimum atomic E-state index is -0.463. The van der Waals surface area contributed by atoms with E-state index in [0.717, 1.165) is 30.8 Å². The summed E-state index contributed by atoms with van der Waals surface area (Å²) in [7, 11) is 0. The Kier molecular flexibility index (Phi) is 5.83. The van der Waals surface area contributed by atoms with E-state index in [9.17, 15) is 9.90 Å². The van der Waals surface area contributed by atoms with Gasteiger partial charge in [0.15, 0.2) is 0 Å². The Balaban J connectivity index is 1.70. The maximum Gasteiger partial charge on any atom is 0.407 e. The van der Waals surface area contributed by atoms with Gasteiger partial charge in [0, 0.05) is 30.6 Å². The van der Waals surface area contributed by atoms with Crippen LogP contribution in [0.4, 0.5) is 4.79 Å². The summed E-state index contributed by atoms with van der Waals surface area (Å²) in [4.78, 5) is 15.0. The van der Waals surface area contributed by atoms with Crippen LogP contribution >= 0.6 is 11.3 Å². The van der Waals surface area contributed by atoms with Gasteiger partial charge in [0.2, 0.25) is 0 Å². The lowest BCUT2D eigenvalue weighted by Gasteiger charge is -2.33. The quantitative estimate of drug-likeness (QED) is 0.893. The molecular weight excluding hydrogens is 300 g/mol. The predicted molar refractivity (Wildman–Crippen MR) is 88.1 cm³/mol. The van der Waals surface area contributed by atoms with Crippen LogP contribution < -0.4 is 5.32 Å². The van der Waals surface area contributed by atoms with Crippen molar-refractivity contribution in [1.82, 2.24) is 10.2 Å². The molecule has 0 radical (unpaired) electrons. The van der Waals surface area contributed by atoms with Crippen LogP contribution in [-0.4, -0.2) is 47.4 Å². The third kappa shape index (κ3) is 5.59. The van der Waals surface area contributed by atoms with Gasteiger partial charge >= 0.3 is 6.09 Å². The molecule has 1 saturated heterocycles. The van der Waals surface area contributed by atoms with Gasteiger partial charge < -0.3 is 20.1 Å². The fraction of sp³-hybridized carbons (Fsp3) is 0.688. The maximum atomic E-state index is 11.8. The van der Waals surface area contributed by atoms with Crippen molar-refractivity contribution in [3.05, 3.63) is 22.4 Å². The number of likely N-dealkylation sites (tertiary alicyclic amines) is 1. The predicted octanol–water partition coefficient (Wildman–Crippen LogP) is 2.77. The van der Waals surface area contributed by atoms with Gasteiger partial charge in [-0.2, -0.15) is 0 Å². The van der Waals surface area contributed by atoms with Crippen LogP contribution in [0.1, 0.15) is 44.6 Å². The first-order valence-electron chi connectivity index (χ1n) is 7.77. The largest absolute Gasteiger partial charge is 0.444 e.